The summed E-state index contributed by atoms with van der Waals surface area (Å²) in [4.78, 5) is 123. The largest absolute Gasteiger partial charge is 0.503 e. The van der Waals surface area contributed by atoms with Crippen LogP contribution in [0.3, 0.4) is 0 Å². The topological polar surface area (TPSA) is 250 Å². The van der Waals surface area contributed by atoms with Crippen LogP contribution in [-0.4, -0.2) is 112 Å². The van der Waals surface area contributed by atoms with Crippen molar-refractivity contribution in [1.29, 1.82) is 0 Å². The Morgan fingerprint density at radius 3 is 1.29 bits per heavy atom. The van der Waals surface area contributed by atoms with Crippen molar-refractivity contribution in [3.63, 3.8) is 0 Å². The second-order valence-corrected chi connectivity index (χ2v) is 26.3. The first-order valence-electron chi connectivity index (χ1n) is 32.8. The van der Waals surface area contributed by atoms with Crippen molar-refractivity contribution in [1.82, 2.24) is 39.0 Å². The third kappa shape index (κ3) is 11.8. The Kier molecular flexibility index (Phi) is 17.2. The number of hydrogen-bond donors (Lipinski definition) is 3. The molecule has 5 amide bonds. The van der Waals surface area contributed by atoms with Crippen molar-refractivity contribution in [2.45, 2.75) is 147 Å². The van der Waals surface area contributed by atoms with E-state index in [1.807, 2.05) is 70.5 Å². The number of halogens is 4. The third-order valence-electron chi connectivity index (χ3n) is 20.8. The number of hydrogen-bond acceptors (Lipinski definition) is 13. The number of rotatable bonds is 14. The fraction of sp³-hybridized carbons (Fsp3) is 0.375. The van der Waals surface area contributed by atoms with Gasteiger partial charge in [0.25, 0.3) is 29.5 Å². The number of pyridine rings is 3. The number of nitrogens with zero attached hydrogens (tertiary/aromatic N) is 6. The quantitative estimate of drug-likeness (QED) is 0.0690. The summed E-state index contributed by atoms with van der Waals surface area (Å²) in [6.45, 7) is 3.00. The molecular formula is C72H68F4N8O13. The molecule has 0 radical (unpaired) electrons. The van der Waals surface area contributed by atoms with Crippen molar-refractivity contribution in [2.24, 2.45) is 17.8 Å². The molecule has 16 rings (SSSR count). The second kappa shape index (κ2) is 26.0. The third-order valence-corrected chi connectivity index (χ3v) is 20.8. The minimum atomic E-state index is -0.950. The Hall–Kier alpha value is -10.3. The lowest BCUT2D eigenvalue weighted by Gasteiger charge is -2.40. The Morgan fingerprint density at radius 2 is 0.876 bits per heavy atom. The molecule has 0 spiro atoms. The molecule has 6 fully saturated rings. The van der Waals surface area contributed by atoms with Gasteiger partial charge in [0.15, 0.2) is 34.3 Å². The zero-order valence-corrected chi connectivity index (χ0v) is 52.7. The minimum Gasteiger partial charge on any atom is -0.503 e. The zero-order chi connectivity index (χ0) is 67.7. The lowest BCUT2D eigenvalue weighted by molar-refractivity contribution is 0.0464. The predicted molar refractivity (Wildman–Crippen MR) is 340 cm³/mol. The number of carbonyl (C=O) groups excluding carboxylic acids is 6. The fourth-order valence-electron chi connectivity index (χ4n) is 16.2. The second-order valence-electron chi connectivity index (χ2n) is 26.3. The van der Waals surface area contributed by atoms with Gasteiger partial charge in [-0.15, -0.1) is 0 Å². The highest BCUT2D eigenvalue weighted by Gasteiger charge is 2.55. The van der Waals surface area contributed by atoms with Gasteiger partial charge in [0, 0.05) is 92.7 Å². The van der Waals surface area contributed by atoms with E-state index in [0.29, 0.717) is 43.5 Å². The molecule has 6 aliphatic heterocycles. The van der Waals surface area contributed by atoms with Crippen molar-refractivity contribution >= 4 is 35.5 Å². The number of piperidine rings is 3. The van der Waals surface area contributed by atoms with Gasteiger partial charge in [0.2, 0.25) is 16.3 Å². The smallest absolute Gasteiger partial charge is 0.343 e. The molecule has 3 saturated heterocycles. The predicted octanol–water partition coefficient (Wildman–Crippen LogP) is 8.02. The SMILES string of the molecule is CCOC(=O)c1cn2c(c(OCc3ccccc3)c1=O)C(=O)N1[C@@H]3CC[C@@H](C3)[C@H]1C2.O=C(NCc1ccc(F)cc1F)c1cn2c(c(O)c1=O)C(=O)N1[C@@H]3CC[C@@H](C3)[C@H]1C2.O=C(NCc1ccc(F)cc1F)c1cn2c(c(OCc3ccccc3)c1=O)C(=O)N1[C@@H]3CC[C@@H](C3)[C@H]1C2. The van der Waals surface area contributed by atoms with E-state index in [1.54, 1.807) is 21.0 Å². The van der Waals surface area contributed by atoms with Gasteiger partial charge in [0.1, 0.15) is 53.2 Å². The number of ether oxygens (including phenoxy) is 3. The van der Waals surface area contributed by atoms with Crippen LogP contribution in [0.4, 0.5) is 17.6 Å². The summed E-state index contributed by atoms with van der Waals surface area (Å²) in [5, 5.41) is 15.4. The molecule has 3 N–H and O–H groups in total. The standard InChI is InChI=1S/C28H25F2N3O4.C23H24N2O5.C21H19F2N3O4/c29-19-8-6-18(22(30)11-19)12-31-27(35)21-13-32-14-23-17-7-9-20(10-17)33(23)28(36)24(32)26(25(21)34)37-15-16-4-2-1-3-5-16;1-2-29-23(28)17-11-24-12-18-15-8-9-16(10-15)25(18)22(27)19(24)21(20(17)26)30-13-14-6-4-3-5-7-14;22-12-3-1-11(15(23)6-12)7-24-20(29)14-8-25-9-16-10-2-4-13(5-10)26(16)21(30)17(25)19(28)18(14)27/h1-6,8,11,13,17,20,23H,7,9-10,12,14-15H2,(H,31,35);3-7,11,15-16,18H,2,8-10,12-13H2,1H3;1,3,6,8,10,13,16,28H,2,4-5,7,9H2,(H,24,29)/t17-,20+,23+;15-,16+,18+;10-,13+,16+/m000/s1. The number of amides is 5. The van der Waals surface area contributed by atoms with Gasteiger partial charge < -0.3 is 58.4 Å². The van der Waals surface area contributed by atoms with Gasteiger partial charge in [-0.2, -0.15) is 0 Å². The van der Waals surface area contributed by atoms with Gasteiger partial charge in [-0.05, 0) is 106 Å². The van der Waals surface area contributed by atoms with E-state index < -0.39 is 63.1 Å². The van der Waals surface area contributed by atoms with Crippen molar-refractivity contribution in [3.05, 3.63) is 226 Å². The molecule has 97 heavy (non-hydrogen) atoms. The molecule has 4 aromatic carbocycles. The average Bonchev–Trinajstić information content (AvgIpc) is 1.68. The monoisotopic (exact) mass is 1330 g/mol. The maximum atomic E-state index is 14.1. The number of benzene rings is 4. The molecule has 9 aliphatic rings. The van der Waals surface area contributed by atoms with Gasteiger partial charge in [0.05, 0.1) is 24.7 Å². The van der Waals surface area contributed by atoms with Crippen LogP contribution in [0.15, 0.2) is 130 Å². The maximum Gasteiger partial charge on any atom is 0.343 e. The molecule has 21 nitrogen and oxygen atoms in total. The Bertz CT molecular complexity index is 4560. The molecule has 7 aromatic rings. The fourth-order valence-corrected chi connectivity index (χ4v) is 16.2. The number of nitrogens with one attached hydrogen (secondary N) is 2. The van der Waals surface area contributed by atoms with Crippen LogP contribution in [0.25, 0.3) is 0 Å². The summed E-state index contributed by atoms with van der Waals surface area (Å²) >= 11 is 0. The van der Waals surface area contributed by atoms with Crippen molar-refractivity contribution < 1.29 is 65.6 Å². The number of aromatic hydroxyl groups is 1. The van der Waals surface area contributed by atoms with Crippen LogP contribution in [0.2, 0.25) is 0 Å². The first kappa shape index (κ1) is 64.0. The molecule has 3 aromatic heterocycles. The molecule has 6 bridgehead atoms. The van der Waals surface area contributed by atoms with Crippen molar-refractivity contribution in [3.8, 4) is 17.2 Å². The van der Waals surface area contributed by atoms with E-state index in [1.165, 1.54) is 35.3 Å². The minimum absolute atomic E-state index is 0.00475. The van der Waals surface area contributed by atoms with E-state index in [9.17, 15) is 65.8 Å². The van der Waals surface area contributed by atoms with Crippen LogP contribution in [0, 0.1) is 41.0 Å². The molecule has 502 valence electrons. The average molecular weight is 1330 g/mol. The van der Waals surface area contributed by atoms with Gasteiger partial charge in [-0.1, -0.05) is 72.8 Å². The van der Waals surface area contributed by atoms with Gasteiger partial charge in [-0.25, -0.2) is 22.4 Å². The first-order valence-corrected chi connectivity index (χ1v) is 32.8. The summed E-state index contributed by atoms with van der Waals surface area (Å²) in [5.74, 6) is -5.80. The van der Waals surface area contributed by atoms with E-state index >= 15 is 0 Å². The number of aromatic nitrogens is 3. The van der Waals surface area contributed by atoms with E-state index in [0.717, 1.165) is 87.1 Å². The van der Waals surface area contributed by atoms with Gasteiger partial charge in [-0.3, -0.25) is 38.4 Å². The molecule has 0 unspecified atom stereocenters. The Morgan fingerprint density at radius 1 is 0.495 bits per heavy atom. The van der Waals surface area contributed by atoms with E-state index in [2.05, 4.69) is 10.6 Å². The highest BCUT2D eigenvalue weighted by atomic mass is 19.1. The first-order chi connectivity index (χ1) is 46.8. The molecule has 25 heteroatoms. The normalized spacial score (nSPS) is 23.0. The summed E-state index contributed by atoms with van der Waals surface area (Å²) in [6.07, 6.45) is 13.2. The Balaban J connectivity index is 0.000000126. The summed E-state index contributed by atoms with van der Waals surface area (Å²) < 4.78 is 75.9. The Labute approximate surface area is 552 Å². The lowest BCUT2D eigenvalue weighted by Crippen LogP contribution is -2.52. The van der Waals surface area contributed by atoms with Crippen LogP contribution in [0.1, 0.15) is 150 Å². The highest BCUT2D eigenvalue weighted by molar-refractivity contribution is 6.01. The highest BCUT2D eigenvalue weighted by Crippen LogP contribution is 2.49. The van der Waals surface area contributed by atoms with Crippen LogP contribution >= 0.6 is 0 Å². The number of carbonyl (C=O) groups is 6. The van der Waals surface area contributed by atoms with E-state index in [-0.39, 0.29) is 143 Å². The lowest BCUT2D eigenvalue weighted by atomic mass is 9.95. The summed E-state index contributed by atoms with van der Waals surface area (Å²) in [6, 6.07) is 25.4. The molecule has 9 atom stereocenters. The molecule has 3 aliphatic carbocycles. The molecular weight excluding hydrogens is 1260 g/mol. The maximum absolute atomic E-state index is 14.1. The van der Waals surface area contributed by atoms with Crippen LogP contribution in [0.5, 0.6) is 17.2 Å². The van der Waals surface area contributed by atoms with E-state index in [4.69, 9.17) is 14.2 Å². The summed E-state index contributed by atoms with van der Waals surface area (Å²) in [5.41, 5.74) is -0.724. The molecule has 9 heterocycles. The number of esters is 1. The zero-order valence-electron chi connectivity index (χ0n) is 52.7. The molecule has 3 saturated carbocycles. The van der Waals surface area contributed by atoms with Crippen molar-refractivity contribution in [2.75, 3.05) is 6.61 Å². The van der Waals surface area contributed by atoms with Crippen LogP contribution < -0.4 is 36.4 Å². The van der Waals surface area contributed by atoms with Crippen LogP contribution in [-0.2, 0) is 50.7 Å². The number of fused-ring (bicyclic) bond motifs is 18. The van der Waals surface area contributed by atoms with Gasteiger partial charge >= 0.3 is 5.97 Å². The summed E-state index contributed by atoms with van der Waals surface area (Å²) in [7, 11) is 0.